The van der Waals surface area contributed by atoms with Gasteiger partial charge >= 0.3 is 0 Å². The van der Waals surface area contributed by atoms with Crippen molar-refractivity contribution in [2.24, 2.45) is 0 Å². The van der Waals surface area contributed by atoms with Gasteiger partial charge in [-0.1, -0.05) is 0 Å². The molecule has 1 heterocycles. The summed E-state index contributed by atoms with van der Waals surface area (Å²) in [6.45, 7) is 4.36. The molecule has 0 spiro atoms. The van der Waals surface area contributed by atoms with Gasteiger partial charge in [-0.05, 0) is 67.0 Å². The normalized spacial score (nSPS) is 18.4. The quantitative estimate of drug-likeness (QED) is 0.881. The Kier molecular flexibility index (Phi) is 3.70. The lowest BCUT2D eigenvalue weighted by Crippen LogP contribution is -2.45. The molecule has 4 heteroatoms. The number of hydrogen-bond donors (Lipinski definition) is 2. The molecule has 1 aliphatic heterocycles. The van der Waals surface area contributed by atoms with Crippen LogP contribution in [0.5, 0.6) is 0 Å². The molecule has 0 radical (unpaired) electrons. The zero-order valence-electron chi connectivity index (χ0n) is 9.89. The summed E-state index contributed by atoms with van der Waals surface area (Å²) in [6, 6.07) is 7.94. The summed E-state index contributed by atoms with van der Waals surface area (Å²) in [5.74, 6) is 0. The molecule has 0 unspecified atom stereocenters. The molecule has 0 atom stereocenters. The highest BCUT2D eigenvalue weighted by Gasteiger charge is 2.26. The number of piperidine rings is 1. The van der Waals surface area contributed by atoms with Gasteiger partial charge in [0, 0.05) is 15.7 Å². The van der Waals surface area contributed by atoms with Crippen molar-refractivity contribution in [3.63, 3.8) is 0 Å². The van der Waals surface area contributed by atoms with Crippen LogP contribution in [0.4, 0.5) is 5.69 Å². The maximum atomic E-state index is 8.87. The van der Waals surface area contributed by atoms with Crippen molar-refractivity contribution in [2.45, 2.75) is 25.3 Å². The molecule has 0 aliphatic carbocycles. The molecule has 90 valence electrons. The standard InChI is InChI=1S/C13H16BrN3/c1-13(4-6-16-7-5-13)17-11-3-2-10(9-15)12(14)8-11/h2-3,8,16-17H,4-7H2,1H3. The highest BCUT2D eigenvalue weighted by atomic mass is 79.9. The molecule has 1 saturated heterocycles. The summed E-state index contributed by atoms with van der Waals surface area (Å²) in [4.78, 5) is 0. The smallest absolute Gasteiger partial charge is 0.100 e. The summed E-state index contributed by atoms with van der Waals surface area (Å²) in [5, 5.41) is 15.8. The zero-order chi connectivity index (χ0) is 12.3. The fourth-order valence-electron chi connectivity index (χ4n) is 2.14. The first kappa shape index (κ1) is 12.4. The summed E-state index contributed by atoms with van der Waals surface area (Å²) in [5.41, 5.74) is 1.89. The second kappa shape index (κ2) is 5.07. The minimum absolute atomic E-state index is 0.152. The first-order chi connectivity index (χ1) is 8.13. The lowest BCUT2D eigenvalue weighted by atomic mass is 9.90. The molecule has 1 aromatic rings. The molecule has 1 aromatic carbocycles. The summed E-state index contributed by atoms with van der Waals surface area (Å²) < 4.78 is 0.850. The van der Waals surface area contributed by atoms with E-state index in [1.165, 1.54) is 0 Å². The van der Waals surface area contributed by atoms with Gasteiger partial charge in [0.25, 0.3) is 0 Å². The van der Waals surface area contributed by atoms with Crippen molar-refractivity contribution in [3.05, 3.63) is 28.2 Å². The van der Waals surface area contributed by atoms with Crippen molar-refractivity contribution >= 4 is 21.6 Å². The van der Waals surface area contributed by atoms with E-state index in [0.717, 1.165) is 36.1 Å². The number of hydrogen-bond acceptors (Lipinski definition) is 3. The molecule has 2 N–H and O–H groups in total. The van der Waals surface area contributed by atoms with Gasteiger partial charge in [0.15, 0.2) is 0 Å². The Labute approximate surface area is 110 Å². The summed E-state index contributed by atoms with van der Waals surface area (Å²) in [7, 11) is 0. The van der Waals surface area contributed by atoms with E-state index in [9.17, 15) is 0 Å². The van der Waals surface area contributed by atoms with Gasteiger partial charge in [0.05, 0.1) is 5.56 Å². The van der Waals surface area contributed by atoms with Crippen molar-refractivity contribution in [1.82, 2.24) is 5.32 Å². The predicted molar refractivity (Wildman–Crippen MR) is 73.0 cm³/mol. The number of nitriles is 1. The van der Waals surface area contributed by atoms with Crippen molar-refractivity contribution in [3.8, 4) is 6.07 Å². The van der Waals surface area contributed by atoms with E-state index in [4.69, 9.17) is 5.26 Å². The Morgan fingerprint density at radius 3 is 2.71 bits per heavy atom. The van der Waals surface area contributed by atoms with Crippen molar-refractivity contribution in [1.29, 1.82) is 5.26 Å². The van der Waals surface area contributed by atoms with E-state index < -0.39 is 0 Å². The maximum Gasteiger partial charge on any atom is 0.100 e. The van der Waals surface area contributed by atoms with Crippen LogP contribution in [0.2, 0.25) is 0 Å². The van der Waals surface area contributed by atoms with Crippen LogP contribution in [0.1, 0.15) is 25.3 Å². The van der Waals surface area contributed by atoms with Crippen LogP contribution < -0.4 is 10.6 Å². The molecule has 0 saturated carbocycles. The SMILES string of the molecule is CC1(Nc2ccc(C#N)c(Br)c2)CCNCC1. The third-order valence-corrected chi connectivity index (χ3v) is 3.90. The number of nitrogens with zero attached hydrogens (tertiary/aromatic N) is 1. The van der Waals surface area contributed by atoms with Crippen LogP contribution in [-0.2, 0) is 0 Å². The van der Waals surface area contributed by atoms with Gasteiger partial charge in [-0.3, -0.25) is 0 Å². The second-order valence-corrected chi connectivity index (χ2v) is 5.60. The Bertz CT molecular complexity index is 444. The van der Waals surface area contributed by atoms with Gasteiger partial charge in [-0.2, -0.15) is 5.26 Å². The molecule has 2 rings (SSSR count). The van der Waals surface area contributed by atoms with E-state index in [-0.39, 0.29) is 5.54 Å². The molecular formula is C13H16BrN3. The first-order valence-corrected chi connectivity index (χ1v) is 6.61. The summed E-state index contributed by atoms with van der Waals surface area (Å²) >= 11 is 3.41. The van der Waals surface area contributed by atoms with Crippen LogP contribution in [0.15, 0.2) is 22.7 Å². The highest BCUT2D eigenvalue weighted by Crippen LogP contribution is 2.27. The minimum Gasteiger partial charge on any atom is -0.380 e. The monoisotopic (exact) mass is 293 g/mol. The molecule has 1 aliphatic rings. The van der Waals surface area contributed by atoms with Crippen LogP contribution in [0, 0.1) is 11.3 Å². The topological polar surface area (TPSA) is 47.9 Å². The average Bonchev–Trinajstić information content (AvgIpc) is 2.29. The summed E-state index contributed by atoms with van der Waals surface area (Å²) in [6.07, 6.45) is 2.23. The molecule has 0 amide bonds. The Hall–Kier alpha value is -1.05. The van der Waals surface area contributed by atoms with E-state index in [2.05, 4.69) is 39.6 Å². The van der Waals surface area contributed by atoms with Gasteiger partial charge in [-0.15, -0.1) is 0 Å². The molecule has 0 aromatic heterocycles. The van der Waals surface area contributed by atoms with E-state index in [1.54, 1.807) is 0 Å². The highest BCUT2D eigenvalue weighted by molar-refractivity contribution is 9.10. The van der Waals surface area contributed by atoms with Crippen LogP contribution >= 0.6 is 15.9 Å². The largest absolute Gasteiger partial charge is 0.380 e. The molecule has 3 nitrogen and oxygen atoms in total. The number of rotatable bonds is 2. The molecule has 0 bridgehead atoms. The lowest BCUT2D eigenvalue weighted by Gasteiger charge is -2.36. The van der Waals surface area contributed by atoms with E-state index >= 15 is 0 Å². The maximum absolute atomic E-state index is 8.87. The Balaban J connectivity index is 2.13. The van der Waals surface area contributed by atoms with Gasteiger partial charge in [0.1, 0.15) is 6.07 Å². The number of anilines is 1. The number of halogens is 1. The van der Waals surface area contributed by atoms with Crippen LogP contribution in [0.25, 0.3) is 0 Å². The first-order valence-electron chi connectivity index (χ1n) is 5.81. The van der Waals surface area contributed by atoms with Crippen LogP contribution in [0.3, 0.4) is 0 Å². The van der Waals surface area contributed by atoms with Crippen molar-refractivity contribution in [2.75, 3.05) is 18.4 Å². The predicted octanol–water partition coefficient (Wildman–Crippen LogP) is 2.87. The Morgan fingerprint density at radius 1 is 1.41 bits per heavy atom. The fraction of sp³-hybridized carbons (Fsp3) is 0.462. The van der Waals surface area contributed by atoms with Crippen LogP contribution in [-0.4, -0.2) is 18.6 Å². The van der Waals surface area contributed by atoms with Crippen molar-refractivity contribution < 1.29 is 0 Å². The number of nitrogens with one attached hydrogen (secondary N) is 2. The molecular weight excluding hydrogens is 278 g/mol. The van der Waals surface area contributed by atoms with Gasteiger partial charge < -0.3 is 10.6 Å². The van der Waals surface area contributed by atoms with E-state index in [1.807, 2.05) is 18.2 Å². The van der Waals surface area contributed by atoms with Gasteiger partial charge in [-0.25, -0.2) is 0 Å². The third kappa shape index (κ3) is 2.99. The minimum atomic E-state index is 0.152. The van der Waals surface area contributed by atoms with E-state index in [0.29, 0.717) is 5.56 Å². The third-order valence-electron chi connectivity index (χ3n) is 3.24. The lowest BCUT2D eigenvalue weighted by molar-refractivity contribution is 0.365. The second-order valence-electron chi connectivity index (χ2n) is 4.74. The average molecular weight is 294 g/mol. The Morgan fingerprint density at radius 2 is 2.12 bits per heavy atom. The number of benzene rings is 1. The zero-order valence-corrected chi connectivity index (χ0v) is 11.5. The molecule has 1 fully saturated rings. The van der Waals surface area contributed by atoms with Gasteiger partial charge in [0.2, 0.25) is 0 Å². The fourth-order valence-corrected chi connectivity index (χ4v) is 2.60. The molecule has 17 heavy (non-hydrogen) atoms.